The van der Waals surface area contributed by atoms with Gasteiger partial charge in [-0.05, 0) is 6.07 Å². The lowest BCUT2D eigenvalue weighted by Crippen LogP contribution is -2.03. The molecule has 2 aromatic rings. The van der Waals surface area contributed by atoms with Crippen molar-refractivity contribution in [3.63, 3.8) is 0 Å². The maximum atomic E-state index is 8.62. The Morgan fingerprint density at radius 1 is 1.40 bits per heavy atom. The molecule has 0 aliphatic carbocycles. The van der Waals surface area contributed by atoms with Crippen LogP contribution in [0.15, 0.2) is 29.0 Å². The van der Waals surface area contributed by atoms with Crippen LogP contribution < -0.4 is 5.32 Å². The highest BCUT2D eigenvalue weighted by Crippen LogP contribution is 2.03. The Bertz CT molecular complexity index is 473. The van der Waals surface area contributed by atoms with Gasteiger partial charge in [0, 0.05) is 12.3 Å². The van der Waals surface area contributed by atoms with Gasteiger partial charge in [-0.15, -0.1) is 0 Å². The van der Waals surface area contributed by atoms with Crippen molar-refractivity contribution in [2.45, 2.75) is 6.54 Å². The van der Waals surface area contributed by atoms with Crippen LogP contribution in [0.3, 0.4) is 0 Å². The molecule has 0 saturated carbocycles. The normalized spacial score (nSPS) is 9.53. The molecule has 2 rings (SSSR count). The fourth-order valence-corrected chi connectivity index (χ4v) is 1.01. The molecule has 1 N–H and O–H groups in total. The molecule has 0 spiro atoms. The molecule has 2 heterocycles. The third-order valence-corrected chi connectivity index (χ3v) is 1.68. The Balaban J connectivity index is 2.02. The minimum absolute atomic E-state index is 0.324. The summed E-state index contributed by atoms with van der Waals surface area (Å²) in [5.41, 5.74) is 0.324. The average Bonchev–Trinajstić information content (AvgIpc) is 2.79. The Morgan fingerprint density at radius 2 is 2.33 bits per heavy atom. The van der Waals surface area contributed by atoms with Crippen molar-refractivity contribution in [2.75, 3.05) is 5.32 Å². The second-order valence-corrected chi connectivity index (χ2v) is 2.71. The molecular formula is C9H7N5O. The van der Waals surface area contributed by atoms with Crippen LogP contribution in [0.4, 0.5) is 5.95 Å². The summed E-state index contributed by atoms with van der Waals surface area (Å²) in [7, 11) is 0. The van der Waals surface area contributed by atoms with E-state index in [0.717, 1.165) is 0 Å². The van der Waals surface area contributed by atoms with Gasteiger partial charge in [-0.25, -0.2) is 9.97 Å². The molecule has 0 radical (unpaired) electrons. The summed E-state index contributed by atoms with van der Waals surface area (Å²) >= 11 is 0. The van der Waals surface area contributed by atoms with Gasteiger partial charge in [0.1, 0.15) is 11.8 Å². The second kappa shape index (κ2) is 4.19. The summed E-state index contributed by atoms with van der Waals surface area (Å²) in [6.45, 7) is 0.439. The van der Waals surface area contributed by atoms with Gasteiger partial charge in [0.05, 0.1) is 12.7 Å². The van der Waals surface area contributed by atoms with Crippen LogP contribution in [-0.4, -0.2) is 15.1 Å². The molecule has 0 bridgehead atoms. The minimum Gasteiger partial charge on any atom is -0.360 e. The van der Waals surface area contributed by atoms with E-state index in [2.05, 4.69) is 20.4 Å². The van der Waals surface area contributed by atoms with E-state index in [4.69, 9.17) is 9.78 Å². The van der Waals surface area contributed by atoms with Gasteiger partial charge >= 0.3 is 0 Å². The highest BCUT2D eigenvalue weighted by Gasteiger charge is 2.00. The van der Waals surface area contributed by atoms with E-state index < -0.39 is 0 Å². The van der Waals surface area contributed by atoms with Gasteiger partial charge in [-0.2, -0.15) is 5.26 Å². The van der Waals surface area contributed by atoms with Crippen molar-refractivity contribution in [2.24, 2.45) is 0 Å². The Hall–Kier alpha value is -2.42. The van der Waals surface area contributed by atoms with E-state index in [0.29, 0.717) is 23.9 Å². The molecule has 74 valence electrons. The first-order chi connectivity index (χ1) is 7.38. The molecule has 0 aromatic carbocycles. The summed E-state index contributed by atoms with van der Waals surface area (Å²) in [6, 6.07) is 5.21. The van der Waals surface area contributed by atoms with Crippen molar-refractivity contribution < 1.29 is 4.52 Å². The van der Waals surface area contributed by atoms with Crippen LogP contribution in [0.2, 0.25) is 0 Å². The van der Waals surface area contributed by atoms with Crippen LogP contribution in [0.25, 0.3) is 0 Å². The quantitative estimate of drug-likeness (QED) is 0.795. The summed E-state index contributed by atoms with van der Waals surface area (Å²) in [6.07, 6.45) is 3.08. The summed E-state index contributed by atoms with van der Waals surface area (Å²) < 4.78 is 4.88. The van der Waals surface area contributed by atoms with Gasteiger partial charge in [0.15, 0.2) is 5.76 Å². The van der Waals surface area contributed by atoms with Crippen LogP contribution >= 0.6 is 0 Å². The molecule has 0 aliphatic rings. The number of anilines is 1. The summed E-state index contributed by atoms with van der Waals surface area (Å²) in [4.78, 5) is 7.90. The predicted octanol–water partition coefficient (Wildman–Crippen LogP) is 0.948. The zero-order valence-corrected chi connectivity index (χ0v) is 7.71. The molecule has 15 heavy (non-hydrogen) atoms. The number of nitriles is 1. The summed E-state index contributed by atoms with van der Waals surface area (Å²) in [5, 5.41) is 15.1. The standard InChI is InChI=1S/C9H7N5O/c10-5-7-1-3-11-9(14-7)12-6-8-2-4-13-15-8/h1-4H,6H2,(H,11,12,14). The fourth-order valence-electron chi connectivity index (χ4n) is 1.01. The largest absolute Gasteiger partial charge is 0.360 e. The van der Waals surface area contributed by atoms with Gasteiger partial charge < -0.3 is 9.84 Å². The Labute approximate surface area is 85.6 Å². The maximum Gasteiger partial charge on any atom is 0.224 e. The fraction of sp³-hybridized carbons (Fsp3) is 0.111. The zero-order valence-electron chi connectivity index (χ0n) is 7.71. The van der Waals surface area contributed by atoms with Crippen molar-refractivity contribution in [1.29, 1.82) is 5.26 Å². The lowest BCUT2D eigenvalue weighted by atomic mass is 10.4. The molecule has 0 atom stereocenters. The number of nitrogens with one attached hydrogen (secondary N) is 1. The monoisotopic (exact) mass is 201 g/mol. The SMILES string of the molecule is N#Cc1ccnc(NCc2ccno2)n1. The molecule has 6 heteroatoms. The van der Waals surface area contributed by atoms with Crippen LogP contribution in [-0.2, 0) is 6.54 Å². The van der Waals surface area contributed by atoms with Crippen LogP contribution in [0.5, 0.6) is 0 Å². The topological polar surface area (TPSA) is 87.6 Å². The number of aromatic nitrogens is 3. The number of rotatable bonds is 3. The van der Waals surface area contributed by atoms with Gasteiger partial charge in [-0.1, -0.05) is 5.16 Å². The van der Waals surface area contributed by atoms with E-state index in [-0.39, 0.29) is 0 Å². The van der Waals surface area contributed by atoms with Crippen molar-refractivity contribution in [3.8, 4) is 6.07 Å². The highest BCUT2D eigenvalue weighted by atomic mass is 16.5. The van der Waals surface area contributed by atoms with Crippen LogP contribution in [0, 0.1) is 11.3 Å². The van der Waals surface area contributed by atoms with Crippen molar-refractivity contribution >= 4 is 5.95 Å². The molecule has 0 aliphatic heterocycles. The Morgan fingerprint density at radius 3 is 3.07 bits per heavy atom. The zero-order chi connectivity index (χ0) is 10.5. The lowest BCUT2D eigenvalue weighted by Gasteiger charge is -2.00. The Kier molecular flexibility index (Phi) is 2.56. The third-order valence-electron chi connectivity index (χ3n) is 1.68. The highest BCUT2D eigenvalue weighted by molar-refractivity contribution is 5.30. The third kappa shape index (κ3) is 2.28. The van der Waals surface area contributed by atoms with E-state index in [1.54, 1.807) is 18.3 Å². The van der Waals surface area contributed by atoms with E-state index in [1.807, 2.05) is 6.07 Å². The first-order valence-electron chi connectivity index (χ1n) is 4.25. The first-order valence-corrected chi connectivity index (χ1v) is 4.25. The molecule has 0 amide bonds. The van der Waals surface area contributed by atoms with Crippen molar-refractivity contribution in [1.82, 2.24) is 15.1 Å². The first kappa shape index (κ1) is 9.15. The predicted molar refractivity (Wildman–Crippen MR) is 50.6 cm³/mol. The number of hydrogen-bond donors (Lipinski definition) is 1. The summed E-state index contributed by atoms with van der Waals surface area (Å²) in [5.74, 6) is 1.08. The molecule has 6 nitrogen and oxygen atoms in total. The van der Waals surface area contributed by atoms with E-state index in [1.165, 1.54) is 6.20 Å². The smallest absolute Gasteiger partial charge is 0.224 e. The number of hydrogen-bond acceptors (Lipinski definition) is 6. The molecule has 0 saturated heterocycles. The maximum absolute atomic E-state index is 8.62. The number of nitrogens with zero attached hydrogens (tertiary/aromatic N) is 4. The van der Waals surface area contributed by atoms with Gasteiger partial charge in [0.2, 0.25) is 5.95 Å². The van der Waals surface area contributed by atoms with Crippen LogP contribution in [0.1, 0.15) is 11.5 Å². The molecular weight excluding hydrogens is 194 g/mol. The van der Waals surface area contributed by atoms with Gasteiger partial charge in [-0.3, -0.25) is 0 Å². The van der Waals surface area contributed by atoms with E-state index >= 15 is 0 Å². The molecule has 0 unspecified atom stereocenters. The van der Waals surface area contributed by atoms with E-state index in [9.17, 15) is 0 Å². The van der Waals surface area contributed by atoms with Gasteiger partial charge in [0.25, 0.3) is 0 Å². The second-order valence-electron chi connectivity index (χ2n) is 2.71. The lowest BCUT2D eigenvalue weighted by molar-refractivity contribution is 0.388. The molecule has 0 fully saturated rings. The average molecular weight is 201 g/mol. The molecule has 2 aromatic heterocycles. The van der Waals surface area contributed by atoms with Crippen molar-refractivity contribution in [3.05, 3.63) is 36.0 Å². The minimum atomic E-state index is 0.324.